The number of aryl methyl sites for hydroxylation is 1. The van der Waals surface area contributed by atoms with Crippen molar-refractivity contribution in [3.63, 3.8) is 0 Å². The van der Waals surface area contributed by atoms with Crippen LogP contribution in [0.4, 0.5) is 0 Å². The number of imidazole rings is 1. The molecule has 1 aliphatic rings. The highest BCUT2D eigenvalue weighted by Gasteiger charge is 2.45. The van der Waals surface area contributed by atoms with Gasteiger partial charge >= 0.3 is 0 Å². The predicted molar refractivity (Wildman–Crippen MR) is 114 cm³/mol. The van der Waals surface area contributed by atoms with E-state index in [1.165, 1.54) is 22.9 Å². The van der Waals surface area contributed by atoms with E-state index in [1.807, 2.05) is 25.2 Å². The van der Waals surface area contributed by atoms with Gasteiger partial charge in [-0.25, -0.2) is 4.98 Å². The molecular formula is C21H24BrN5. The number of guanidine groups is 1. The Morgan fingerprint density at radius 3 is 2.59 bits per heavy atom. The van der Waals surface area contributed by atoms with E-state index in [0.717, 1.165) is 29.4 Å². The van der Waals surface area contributed by atoms with E-state index in [9.17, 15) is 0 Å². The lowest BCUT2D eigenvalue weighted by atomic mass is 9.96. The van der Waals surface area contributed by atoms with Gasteiger partial charge in [0.1, 0.15) is 5.82 Å². The van der Waals surface area contributed by atoms with Crippen LogP contribution in [0.25, 0.3) is 11.0 Å². The van der Waals surface area contributed by atoms with Crippen molar-refractivity contribution in [3.05, 3.63) is 64.4 Å². The van der Waals surface area contributed by atoms with E-state index in [2.05, 4.69) is 73.5 Å². The summed E-state index contributed by atoms with van der Waals surface area (Å²) in [5.74, 6) is 1.80. The molecular weight excluding hydrogens is 402 g/mol. The Morgan fingerprint density at radius 1 is 1.15 bits per heavy atom. The molecule has 1 saturated carbocycles. The van der Waals surface area contributed by atoms with E-state index < -0.39 is 0 Å². The maximum Gasteiger partial charge on any atom is 0.191 e. The van der Waals surface area contributed by atoms with E-state index in [-0.39, 0.29) is 5.41 Å². The molecule has 1 heterocycles. The SMILES string of the molecule is CN=C(NCc1nc2ccccc2n1C)NCC1(c2ccccc2Br)CC1. The van der Waals surface area contributed by atoms with Crippen molar-refractivity contribution in [2.75, 3.05) is 13.6 Å². The van der Waals surface area contributed by atoms with Gasteiger partial charge in [-0.2, -0.15) is 0 Å². The van der Waals surface area contributed by atoms with Crippen LogP contribution in [0, 0.1) is 0 Å². The number of rotatable bonds is 5. The summed E-state index contributed by atoms with van der Waals surface area (Å²) < 4.78 is 3.31. The third-order valence-electron chi connectivity index (χ3n) is 5.41. The highest BCUT2D eigenvalue weighted by Crippen LogP contribution is 2.49. The monoisotopic (exact) mass is 425 g/mol. The Labute approximate surface area is 168 Å². The van der Waals surface area contributed by atoms with Crippen LogP contribution in [0.5, 0.6) is 0 Å². The highest BCUT2D eigenvalue weighted by atomic mass is 79.9. The van der Waals surface area contributed by atoms with Gasteiger partial charge < -0.3 is 15.2 Å². The van der Waals surface area contributed by atoms with E-state index in [4.69, 9.17) is 4.98 Å². The van der Waals surface area contributed by atoms with E-state index >= 15 is 0 Å². The molecule has 0 unspecified atom stereocenters. The van der Waals surface area contributed by atoms with Crippen molar-refractivity contribution in [3.8, 4) is 0 Å². The molecule has 140 valence electrons. The molecule has 1 fully saturated rings. The van der Waals surface area contributed by atoms with Crippen LogP contribution in [0.1, 0.15) is 24.2 Å². The first-order valence-corrected chi connectivity index (χ1v) is 10.0. The fraction of sp³-hybridized carbons (Fsp3) is 0.333. The summed E-state index contributed by atoms with van der Waals surface area (Å²) in [5.41, 5.74) is 3.74. The number of aliphatic imine (C=N–C) groups is 1. The molecule has 0 bridgehead atoms. The van der Waals surface area contributed by atoms with Crippen molar-refractivity contribution < 1.29 is 0 Å². The molecule has 0 spiro atoms. The molecule has 1 aliphatic carbocycles. The maximum atomic E-state index is 4.71. The molecule has 4 rings (SSSR count). The number of nitrogens with zero attached hydrogens (tertiary/aromatic N) is 3. The largest absolute Gasteiger partial charge is 0.356 e. The molecule has 0 atom stereocenters. The minimum Gasteiger partial charge on any atom is -0.356 e. The number of halogens is 1. The molecule has 2 aromatic carbocycles. The van der Waals surface area contributed by atoms with Gasteiger partial charge in [-0.1, -0.05) is 46.3 Å². The first-order chi connectivity index (χ1) is 13.1. The third-order valence-corrected chi connectivity index (χ3v) is 6.10. The summed E-state index contributed by atoms with van der Waals surface area (Å²) in [4.78, 5) is 9.09. The second-order valence-corrected chi connectivity index (χ2v) is 7.97. The average Bonchev–Trinajstić information content (AvgIpc) is 3.41. The Bertz CT molecular complexity index is 987. The van der Waals surface area contributed by atoms with Crippen molar-refractivity contribution in [1.82, 2.24) is 20.2 Å². The standard InChI is InChI=1S/C21H24BrN5/c1-23-20(24-13-19-26-17-9-5-6-10-18(17)27(19)2)25-14-21(11-12-21)15-7-3-4-8-16(15)22/h3-10H,11-14H2,1-2H3,(H2,23,24,25). The third kappa shape index (κ3) is 3.58. The molecule has 3 aromatic rings. The Hall–Kier alpha value is -2.34. The Kier molecular flexibility index (Phi) is 4.91. The van der Waals surface area contributed by atoms with Gasteiger partial charge in [-0.3, -0.25) is 4.99 Å². The molecule has 2 N–H and O–H groups in total. The topological polar surface area (TPSA) is 54.2 Å². The van der Waals surface area contributed by atoms with Gasteiger partial charge in [0.15, 0.2) is 5.96 Å². The number of hydrogen-bond acceptors (Lipinski definition) is 2. The van der Waals surface area contributed by atoms with Crippen molar-refractivity contribution in [2.24, 2.45) is 12.0 Å². The first-order valence-electron chi connectivity index (χ1n) is 9.23. The minimum atomic E-state index is 0.204. The number of nitrogens with one attached hydrogen (secondary N) is 2. The average molecular weight is 426 g/mol. The molecule has 6 heteroatoms. The molecule has 0 radical (unpaired) electrons. The van der Waals surface area contributed by atoms with Gasteiger partial charge in [-0.05, 0) is 36.6 Å². The zero-order valence-electron chi connectivity index (χ0n) is 15.7. The minimum absolute atomic E-state index is 0.204. The number of para-hydroxylation sites is 2. The quantitative estimate of drug-likeness (QED) is 0.483. The number of fused-ring (bicyclic) bond motifs is 1. The number of hydrogen-bond donors (Lipinski definition) is 2. The van der Waals surface area contributed by atoms with Crippen LogP contribution in [-0.4, -0.2) is 29.1 Å². The van der Waals surface area contributed by atoms with Crippen LogP contribution in [0.15, 0.2) is 58.0 Å². The van der Waals surface area contributed by atoms with Crippen LogP contribution < -0.4 is 10.6 Å². The second kappa shape index (κ2) is 7.35. The van der Waals surface area contributed by atoms with Gasteiger partial charge in [0.05, 0.1) is 17.6 Å². The lowest BCUT2D eigenvalue weighted by Gasteiger charge is -2.20. The van der Waals surface area contributed by atoms with Gasteiger partial charge in [0, 0.05) is 30.5 Å². The smallest absolute Gasteiger partial charge is 0.191 e. The summed E-state index contributed by atoms with van der Waals surface area (Å²) in [6.45, 7) is 1.50. The molecule has 5 nitrogen and oxygen atoms in total. The molecule has 27 heavy (non-hydrogen) atoms. The highest BCUT2D eigenvalue weighted by molar-refractivity contribution is 9.10. The second-order valence-electron chi connectivity index (χ2n) is 7.12. The lowest BCUT2D eigenvalue weighted by Crippen LogP contribution is -2.41. The summed E-state index contributed by atoms with van der Waals surface area (Å²) in [5, 5.41) is 6.90. The molecule has 1 aromatic heterocycles. The zero-order chi connectivity index (χ0) is 18.9. The predicted octanol–water partition coefficient (Wildman–Crippen LogP) is 3.73. The van der Waals surface area contributed by atoms with Gasteiger partial charge in [0.2, 0.25) is 0 Å². The summed E-state index contributed by atoms with van der Waals surface area (Å²) in [6.07, 6.45) is 2.40. The van der Waals surface area contributed by atoms with Crippen LogP contribution >= 0.6 is 15.9 Å². The number of aromatic nitrogens is 2. The summed E-state index contributed by atoms with van der Waals surface area (Å²) >= 11 is 3.70. The summed E-state index contributed by atoms with van der Waals surface area (Å²) in [6, 6.07) is 16.7. The van der Waals surface area contributed by atoms with Crippen LogP contribution in [0.2, 0.25) is 0 Å². The van der Waals surface area contributed by atoms with Gasteiger partial charge in [-0.15, -0.1) is 0 Å². The first kappa shape index (κ1) is 18.0. The van der Waals surface area contributed by atoms with Crippen molar-refractivity contribution in [2.45, 2.75) is 24.8 Å². The fourth-order valence-corrected chi connectivity index (χ4v) is 4.28. The normalized spacial score (nSPS) is 15.7. The maximum absolute atomic E-state index is 4.71. The Balaban J connectivity index is 1.40. The van der Waals surface area contributed by atoms with Crippen molar-refractivity contribution in [1.29, 1.82) is 0 Å². The Morgan fingerprint density at radius 2 is 1.89 bits per heavy atom. The van der Waals surface area contributed by atoms with Gasteiger partial charge in [0.25, 0.3) is 0 Å². The lowest BCUT2D eigenvalue weighted by molar-refractivity contribution is 0.639. The fourth-order valence-electron chi connectivity index (χ4n) is 3.57. The molecule has 0 saturated heterocycles. The van der Waals surface area contributed by atoms with Crippen molar-refractivity contribution >= 4 is 32.9 Å². The van der Waals surface area contributed by atoms with E-state index in [0.29, 0.717) is 6.54 Å². The molecule has 0 aliphatic heterocycles. The molecule has 0 amide bonds. The zero-order valence-corrected chi connectivity index (χ0v) is 17.3. The number of benzene rings is 2. The van der Waals surface area contributed by atoms with Crippen LogP contribution in [0.3, 0.4) is 0 Å². The van der Waals surface area contributed by atoms with Crippen LogP contribution in [-0.2, 0) is 19.0 Å². The summed E-state index contributed by atoms with van der Waals surface area (Å²) in [7, 11) is 3.86. The van der Waals surface area contributed by atoms with E-state index in [1.54, 1.807) is 0 Å².